The van der Waals surface area contributed by atoms with Crippen LogP contribution < -0.4 is 0 Å². The van der Waals surface area contributed by atoms with E-state index < -0.39 is 0 Å². The van der Waals surface area contributed by atoms with Crippen molar-refractivity contribution in [3.8, 4) is 0 Å². The number of carbonyl (C=O) groups is 1. The van der Waals surface area contributed by atoms with Crippen LogP contribution in [0, 0.1) is 0 Å². The maximum Gasteiger partial charge on any atom is 0.255 e. The van der Waals surface area contributed by atoms with Crippen LogP contribution in [0.4, 0.5) is 0 Å². The van der Waals surface area contributed by atoms with Crippen molar-refractivity contribution in [3.63, 3.8) is 0 Å². The maximum absolute atomic E-state index is 12.3. The second-order valence-corrected chi connectivity index (χ2v) is 6.02. The van der Waals surface area contributed by atoms with E-state index in [0.717, 1.165) is 18.7 Å². The van der Waals surface area contributed by atoms with Crippen molar-refractivity contribution >= 4 is 29.3 Å². The van der Waals surface area contributed by atoms with E-state index in [2.05, 4.69) is 0 Å². The van der Waals surface area contributed by atoms with Gasteiger partial charge in [-0.2, -0.15) is 11.8 Å². The zero-order valence-corrected chi connectivity index (χ0v) is 10.3. The largest absolute Gasteiger partial charge is 0.334 e. The molecule has 0 aromatic heterocycles. The maximum atomic E-state index is 12.3. The summed E-state index contributed by atoms with van der Waals surface area (Å²) >= 11 is 8.03. The lowest BCUT2D eigenvalue weighted by Gasteiger charge is -2.27. The Bertz CT molecular complexity index is 437. The van der Waals surface area contributed by atoms with Crippen molar-refractivity contribution in [2.45, 2.75) is 17.7 Å². The van der Waals surface area contributed by atoms with E-state index in [-0.39, 0.29) is 5.91 Å². The van der Waals surface area contributed by atoms with Gasteiger partial charge in [-0.1, -0.05) is 23.7 Å². The van der Waals surface area contributed by atoms with Gasteiger partial charge in [-0.3, -0.25) is 4.79 Å². The number of thioether (sulfide) groups is 1. The zero-order chi connectivity index (χ0) is 11.1. The van der Waals surface area contributed by atoms with Crippen molar-refractivity contribution in [2.24, 2.45) is 0 Å². The average molecular weight is 254 g/mol. The molecule has 0 saturated carbocycles. The Morgan fingerprint density at radius 2 is 2.25 bits per heavy atom. The second kappa shape index (κ2) is 3.97. The minimum absolute atomic E-state index is 0.0957. The van der Waals surface area contributed by atoms with Gasteiger partial charge in [0.1, 0.15) is 0 Å². The van der Waals surface area contributed by atoms with Crippen LogP contribution in [-0.4, -0.2) is 34.4 Å². The Hall–Kier alpha value is -0.670. The molecule has 2 atom stereocenters. The molecule has 16 heavy (non-hydrogen) atoms. The van der Waals surface area contributed by atoms with Gasteiger partial charge < -0.3 is 4.90 Å². The first-order valence-electron chi connectivity index (χ1n) is 5.43. The van der Waals surface area contributed by atoms with Gasteiger partial charge in [-0.25, -0.2) is 0 Å². The topological polar surface area (TPSA) is 20.3 Å². The number of hydrogen-bond donors (Lipinski definition) is 0. The van der Waals surface area contributed by atoms with Crippen molar-refractivity contribution in [1.82, 2.24) is 4.90 Å². The molecule has 0 aliphatic carbocycles. The first kappa shape index (κ1) is 10.5. The number of amides is 1. The Morgan fingerprint density at radius 1 is 1.44 bits per heavy atom. The van der Waals surface area contributed by atoms with Crippen molar-refractivity contribution in [1.29, 1.82) is 0 Å². The highest BCUT2D eigenvalue weighted by molar-refractivity contribution is 8.00. The molecule has 1 amide bonds. The number of likely N-dealkylation sites (tertiary alicyclic amines) is 1. The number of halogens is 1. The summed E-state index contributed by atoms with van der Waals surface area (Å²) in [5, 5.41) is 1.21. The highest BCUT2D eigenvalue weighted by Crippen LogP contribution is 2.38. The molecule has 0 radical (unpaired) electrons. The smallest absolute Gasteiger partial charge is 0.255 e. The fraction of sp³-hybridized carbons (Fsp3) is 0.417. The minimum Gasteiger partial charge on any atom is -0.334 e. The molecule has 1 aromatic rings. The summed E-state index contributed by atoms with van der Waals surface area (Å²) in [6.07, 6.45) is 1.15. The van der Waals surface area contributed by atoms with Crippen LogP contribution >= 0.6 is 23.4 Å². The molecule has 0 spiro atoms. The summed E-state index contributed by atoms with van der Waals surface area (Å²) in [6, 6.07) is 7.73. The third kappa shape index (κ3) is 1.62. The fourth-order valence-electron chi connectivity index (χ4n) is 2.44. The van der Waals surface area contributed by atoms with Crippen LogP contribution in [0.1, 0.15) is 16.8 Å². The van der Waals surface area contributed by atoms with Gasteiger partial charge >= 0.3 is 0 Å². The second-order valence-electron chi connectivity index (χ2n) is 4.28. The normalized spacial score (nSPS) is 27.4. The Morgan fingerprint density at radius 3 is 2.88 bits per heavy atom. The van der Waals surface area contributed by atoms with Crippen LogP contribution in [0.25, 0.3) is 0 Å². The van der Waals surface area contributed by atoms with E-state index in [9.17, 15) is 4.79 Å². The highest BCUT2D eigenvalue weighted by Gasteiger charge is 2.41. The molecule has 2 bridgehead atoms. The average Bonchev–Trinajstić information content (AvgIpc) is 2.90. The molecule has 1 aromatic carbocycles. The van der Waals surface area contributed by atoms with Gasteiger partial charge in [0.05, 0.1) is 10.6 Å². The molecule has 2 saturated heterocycles. The molecule has 2 aliphatic heterocycles. The lowest BCUT2D eigenvalue weighted by Crippen LogP contribution is -2.39. The molecule has 4 heteroatoms. The first-order chi connectivity index (χ1) is 7.75. The summed E-state index contributed by atoms with van der Waals surface area (Å²) in [5.74, 6) is 1.18. The van der Waals surface area contributed by atoms with Crippen molar-refractivity contribution in [3.05, 3.63) is 34.9 Å². The number of carbonyl (C=O) groups excluding carboxylic acids is 1. The van der Waals surface area contributed by atoms with Gasteiger partial charge in [0.2, 0.25) is 0 Å². The van der Waals surface area contributed by atoms with Gasteiger partial charge in [0.15, 0.2) is 0 Å². The summed E-state index contributed by atoms with van der Waals surface area (Å²) < 4.78 is 0. The molecule has 0 unspecified atom stereocenters. The number of nitrogens with zero attached hydrogens (tertiary/aromatic N) is 1. The van der Waals surface area contributed by atoms with Gasteiger partial charge in [-0.05, 0) is 18.6 Å². The molecule has 3 rings (SSSR count). The minimum atomic E-state index is 0.0957. The number of rotatable bonds is 1. The Kier molecular flexibility index (Phi) is 2.60. The van der Waals surface area contributed by atoms with E-state index in [1.54, 1.807) is 6.07 Å². The van der Waals surface area contributed by atoms with Gasteiger partial charge in [0.25, 0.3) is 5.91 Å². The van der Waals surface area contributed by atoms with Crippen molar-refractivity contribution in [2.75, 3.05) is 12.3 Å². The summed E-state index contributed by atoms with van der Waals surface area (Å²) in [7, 11) is 0. The molecule has 2 fully saturated rings. The van der Waals surface area contributed by atoms with E-state index >= 15 is 0 Å². The molecule has 0 N–H and O–H groups in total. The molecular formula is C12H12ClNOS. The fourth-order valence-corrected chi connectivity index (χ4v) is 4.09. The van der Waals surface area contributed by atoms with Crippen molar-refractivity contribution < 1.29 is 4.79 Å². The highest BCUT2D eigenvalue weighted by atomic mass is 35.5. The quantitative estimate of drug-likeness (QED) is 0.767. The van der Waals surface area contributed by atoms with E-state index in [1.807, 2.05) is 34.9 Å². The monoisotopic (exact) mass is 253 g/mol. The zero-order valence-electron chi connectivity index (χ0n) is 8.73. The predicted octanol–water partition coefficient (Wildman–Crippen LogP) is 2.67. The Labute approximate surface area is 104 Å². The Balaban J connectivity index is 1.86. The van der Waals surface area contributed by atoms with Crippen LogP contribution in [0.5, 0.6) is 0 Å². The van der Waals surface area contributed by atoms with Gasteiger partial charge in [0, 0.05) is 23.6 Å². The summed E-state index contributed by atoms with van der Waals surface area (Å²) in [6.45, 7) is 0.888. The third-order valence-corrected chi connectivity index (χ3v) is 4.99. The van der Waals surface area contributed by atoms with E-state index in [1.165, 1.54) is 0 Å². The van der Waals surface area contributed by atoms with Crippen LogP contribution in [0.15, 0.2) is 24.3 Å². The van der Waals surface area contributed by atoms with Gasteiger partial charge in [-0.15, -0.1) is 0 Å². The third-order valence-electron chi connectivity index (χ3n) is 3.27. The first-order valence-corrected chi connectivity index (χ1v) is 6.85. The number of hydrogen-bond acceptors (Lipinski definition) is 2. The lowest BCUT2D eigenvalue weighted by atomic mass is 10.2. The number of fused-ring (bicyclic) bond motifs is 2. The standard InChI is InChI=1S/C12H12ClNOS/c13-11-4-2-1-3-10(11)12(15)14-6-9-5-8(14)7-16-9/h1-4,8-9H,5-7H2/t8-,9+/m0/s1. The molecular weight excluding hydrogens is 242 g/mol. The lowest BCUT2D eigenvalue weighted by molar-refractivity contribution is 0.0748. The van der Waals surface area contributed by atoms with Crippen LogP contribution in [0.3, 0.4) is 0 Å². The van der Waals surface area contributed by atoms with Crippen LogP contribution in [0.2, 0.25) is 5.02 Å². The molecule has 2 heterocycles. The summed E-state index contributed by atoms with van der Waals surface area (Å²) in [4.78, 5) is 14.3. The predicted molar refractivity (Wildman–Crippen MR) is 67.1 cm³/mol. The molecule has 2 aliphatic rings. The number of benzene rings is 1. The van der Waals surface area contributed by atoms with E-state index in [0.29, 0.717) is 21.9 Å². The van der Waals surface area contributed by atoms with Crippen LogP contribution in [-0.2, 0) is 0 Å². The molecule has 2 nitrogen and oxygen atoms in total. The SMILES string of the molecule is O=C(c1ccccc1Cl)N1C[C@H]2C[C@H]1CS2. The summed E-state index contributed by atoms with van der Waals surface area (Å²) in [5.41, 5.74) is 0.640. The van der Waals surface area contributed by atoms with E-state index in [4.69, 9.17) is 11.6 Å². The molecule has 84 valence electrons.